The molecule has 0 fully saturated rings. The maximum Gasteiger partial charge on any atom is 0.252 e. The van der Waals surface area contributed by atoms with Crippen LogP contribution in [0.3, 0.4) is 0 Å². The molecule has 0 saturated heterocycles. The average Bonchev–Trinajstić information content (AvgIpc) is 3.56. The molecule has 0 saturated carbocycles. The lowest BCUT2D eigenvalue weighted by Gasteiger charge is -2.36. The molecule has 2 heterocycles. The van der Waals surface area contributed by atoms with Crippen molar-refractivity contribution < 1.29 is 9.47 Å². The fourth-order valence-corrected chi connectivity index (χ4v) is 14.9. The molecule has 0 amide bonds. The van der Waals surface area contributed by atoms with E-state index < -0.39 is 0 Å². The second-order valence-electron chi connectivity index (χ2n) is 26.2. The van der Waals surface area contributed by atoms with Gasteiger partial charge in [-0.25, -0.2) is 0 Å². The van der Waals surface area contributed by atoms with Crippen LogP contribution in [0.4, 0.5) is 0 Å². The summed E-state index contributed by atoms with van der Waals surface area (Å²) in [5.74, 6) is 5.54. The van der Waals surface area contributed by atoms with Crippen LogP contribution in [0.25, 0.3) is 54.6 Å². The number of aryl methyl sites for hydroxylation is 6. The molecule has 402 valence electrons. The SMILES string of the molecule is Cc1cc(C)c(B2c3ccccc3Oc3c2c(-c2c(C(C)C)cc(C(C)C)cc2C(C)C)c2ccc4c5c(c(-c6c(C(C)C)cc(C(C)C)cc6C(C)C)c6ccc3c2c46)B(c2c(C)cc(C)cc2C)c2ccccc2O5)c(C)c1. The standard InChI is InChI=1S/C76H80B2O2/c1-39(2)51-35-57(41(5)6)67(58(36-51)42(7)8)69-53-27-29-56-66-54(28-30-55(65(53)66)75-73(69)77(61-23-19-21-25-63(61)79-75)71-47(15)31-45(13)32-48(71)16)70(68-59(43(9)10)37-52(40(3)4)38-60(68)44(11)12)74-76(56)80-64-26-22-20-24-62(64)78(74)72-49(17)33-46(14)34-50(72)18/h19-44H,1-18H3. The third-order valence-electron chi connectivity index (χ3n) is 18.5. The number of hydrogen-bond donors (Lipinski definition) is 0. The summed E-state index contributed by atoms with van der Waals surface area (Å²) in [6.07, 6.45) is 0. The predicted octanol–water partition coefficient (Wildman–Crippen LogP) is 17.8. The summed E-state index contributed by atoms with van der Waals surface area (Å²) in [5.41, 5.74) is 29.1. The van der Waals surface area contributed by atoms with E-state index in [2.05, 4.69) is 246 Å². The third kappa shape index (κ3) is 8.27. The number of para-hydroxylation sites is 2. The molecule has 0 bridgehead atoms. The van der Waals surface area contributed by atoms with Crippen molar-refractivity contribution in [1.82, 2.24) is 0 Å². The highest BCUT2D eigenvalue weighted by Gasteiger charge is 2.43. The van der Waals surface area contributed by atoms with Gasteiger partial charge in [0.1, 0.15) is 23.0 Å². The minimum absolute atomic E-state index is 0.0937. The average molecular weight is 1050 g/mol. The first-order valence-electron chi connectivity index (χ1n) is 30.1. The molecule has 0 unspecified atom stereocenters. The van der Waals surface area contributed by atoms with Gasteiger partial charge in [0.25, 0.3) is 13.4 Å². The van der Waals surface area contributed by atoms with Crippen molar-refractivity contribution in [3.05, 3.63) is 188 Å². The molecule has 2 nitrogen and oxygen atoms in total. The second-order valence-corrected chi connectivity index (χ2v) is 26.2. The van der Waals surface area contributed by atoms with Crippen molar-refractivity contribution in [2.45, 2.75) is 160 Å². The zero-order chi connectivity index (χ0) is 56.7. The van der Waals surface area contributed by atoms with E-state index in [4.69, 9.17) is 9.47 Å². The molecule has 2 aliphatic rings. The van der Waals surface area contributed by atoms with E-state index in [1.54, 1.807) is 0 Å². The normalized spacial score (nSPS) is 13.2. The Kier molecular flexibility index (Phi) is 13.3. The van der Waals surface area contributed by atoms with E-state index in [9.17, 15) is 0 Å². The molecule has 0 aromatic heterocycles. The number of rotatable bonds is 10. The van der Waals surface area contributed by atoms with Crippen molar-refractivity contribution in [3.63, 3.8) is 0 Å². The first-order chi connectivity index (χ1) is 38.2. The van der Waals surface area contributed by atoms with Crippen LogP contribution >= 0.6 is 0 Å². The molecule has 0 radical (unpaired) electrons. The Morgan fingerprint density at radius 3 is 0.912 bits per heavy atom. The summed E-state index contributed by atoms with van der Waals surface area (Å²) in [6.45, 7) is 42.2. The largest absolute Gasteiger partial charge is 0.458 e. The Balaban J connectivity index is 1.36. The number of fused-ring (bicyclic) bond motifs is 6. The van der Waals surface area contributed by atoms with Gasteiger partial charge in [0.2, 0.25) is 0 Å². The quantitative estimate of drug-likeness (QED) is 0.100. The number of benzene rings is 10. The zero-order valence-electron chi connectivity index (χ0n) is 51.0. The van der Waals surface area contributed by atoms with Gasteiger partial charge in [-0.05, 0) is 190 Å². The van der Waals surface area contributed by atoms with Crippen molar-refractivity contribution in [2.75, 3.05) is 0 Å². The van der Waals surface area contributed by atoms with Gasteiger partial charge in [-0.15, -0.1) is 0 Å². The van der Waals surface area contributed by atoms with Crippen LogP contribution < -0.4 is 42.3 Å². The van der Waals surface area contributed by atoms with Crippen LogP contribution in [0.1, 0.15) is 185 Å². The molecule has 80 heavy (non-hydrogen) atoms. The van der Waals surface area contributed by atoms with Crippen molar-refractivity contribution in [2.24, 2.45) is 0 Å². The lowest BCUT2D eigenvalue weighted by molar-refractivity contribution is 0.493. The lowest BCUT2D eigenvalue weighted by Crippen LogP contribution is -2.57. The van der Waals surface area contributed by atoms with Crippen LogP contribution in [0.15, 0.2) is 121 Å². The van der Waals surface area contributed by atoms with Crippen molar-refractivity contribution >= 4 is 78.5 Å². The van der Waals surface area contributed by atoms with Gasteiger partial charge < -0.3 is 9.47 Å². The van der Waals surface area contributed by atoms with E-state index in [1.165, 1.54) is 143 Å². The van der Waals surface area contributed by atoms with E-state index in [0.717, 1.165) is 33.8 Å². The second kappa shape index (κ2) is 19.9. The first kappa shape index (κ1) is 53.6. The molecule has 0 atom stereocenters. The topological polar surface area (TPSA) is 18.5 Å². The molecule has 12 rings (SSSR count). The predicted molar refractivity (Wildman–Crippen MR) is 349 cm³/mol. The molecule has 0 aliphatic carbocycles. The molecule has 2 aliphatic heterocycles. The van der Waals surface area contributed by atoms with Crippen LogP contribution in [0.2, 0.25) is 0 Å². The number of hydrogen-bond acceptors (Lipinski definition) is 2. The molecular weight excluding hydrogens is 966 g/mol. The van der Waals surface area contributed by atoms with E-state index in [1.807, 2.05) is 0 Å². The molecule has 10 aromatic carbocycles. The van der Waals surface area contributed by atoms with Gasteiger partial charge in [0.15, 0.2) is 0 Å². The van der Waals surface area contributed by atoms with Gasteiger partial charge in [-0.2, -0.15) is 0 Å². The highest BCUT2D eigenvalue weighted by Crippen LogP contribution is 2.53. The summed E-state index contributed by atoms with van der Waals surface area (Å²) in [7, 11) is 0. The highest BCUT2D eigenvalue weighted by molar-refractivity contribution is 6.99. The minimum Gasteiger partial charge on any atom is -0.458 e. The van der Waals surface area contributed by atoms with E-state index in [-0.39, 0.29) is 37.1 Å². The van der Waals surface area contributed by atoms with Gasteiger partial charge in [-0.3, -0.25) is 0 Å². The van der Waals surface area contributed by atoms with Gasteiger partial charge in [-0.1, -0.05) is 224 Å². The Labute approximate surface area is 478 Å². The fraction of sp³-hybridized carbons (Fsp3) is 0.316. The first-order valence-corrected chi connectivity index (χ1v) is 30.1. The number of ether oxygens (including phenoxy) is 2. The summed E-state index contributed by atoms with van der Waals surface area (Å²) in [5, 5.41) is 7.29. The fourth-order valence-electron chi connectivity index (χ4n) is 14.9. The van der Waals surface area contributed by atoms with Gasteiger partial charge in [0.05, 0.1) is 0 Å². The highest BCUT2D eigenvalue weighted by atomic mass is 16.5. The van der Waals surface area contributed by atoms with Crippen molar-refractivity contribution in [3.8, 4) is 45.3 Å². The maximum absolute atomic E-state index is 7.70. The third-order valence-corrected chi connectivity index (χ3v) is 18.5. The summed E-state index contributed by atoms with van der Waals surface area (Å²) < 4.78 is 15.4. The van der Waals surface area contributed by atoms with Gasteiger partial charge >= 0.3 is 0 Å². The van der Waals surface area contributed by atoms with E-state index >= 15 is 0 Å². The van der Waals surface area contributed by atoms with Crippen LogP contribution in [-0.2, 0) is 0 Å². The smallest absolute Gasteiger partial charge is 0.252 e. The molecule has 0 spiro atoms. The Bertz CT molecular complexity index is 3790. The Morgan fingerprint density at radius 1 is 0.312 bits per heavy atom. The van der Waals surface area contributed by atoms with E-state index in [0.29, 0.717) is 11.8 Å². The van der Waals surface area contributed by atoms with Crippen LogP contribution in [-0.4, -0.2) is 13.4 Å². The monoisotopic (exact) mass is 1050 g/mol. The minimum atomic E-state index is -0.0937. The van der Waals surface area contributed by atoms with Gasteiger partial charge in [0, 0.05) is 21.5 Å². The van der Waals surface area contributed by atoms with Crippen molar-refractivity contribution in [1.29, 1.82) is 0 Å². The molecule has 0 N–H and O–H groups in total. The molecular formula is C76H80B2O2. The Hall–Kier alpha value is -7.03. The summed E-state index contributed by atoms with van der Waals surface area (Å²) >= 11 is 0. The zero-order valence-corrected chi connectivity index (χ0v) is 51.0. The maximum atomic E-state index is 7.70. The molecule has 10 aromatic rings. The van der Waals surface area contributed by atoms with Crippen LogP contribution in [0, 0.1) is 41.5 Å². The Morgan fingerprint density at radius 2 is 0.613 bits per heavy atom. The summed E-state index contributed by atoms with van der Waals surface area (Å²) in [6, 6.07) is 47.4. The lowest BCUT2D eigenvalue weighted by atomic mass is 9.33. The summed E-state index contributed by atoms with van der Waals surface area (Å²) in [4.78, 5) is 0. The molecule has 4 heteroatoms. The van der Waals surface area contributed by atoms with Crippen LogP contribution in [0.5, 0.6) is 23.0 Å².